The quantitative estimate of drug-likeness (QED) is 0.760. The smallest absolute Gasteiger partial charge is 0.319 e. The number of aliphatic hydroxyl groups is 1. The van der Waals surface area contributed by atoms with Crippen molar-refractivity contribution in [3.05, 3.63) is 42.5 Å². The van der Waals surface area contributed by atoms with E-state index >= 15 is 0 Å². The summed E-state index contributed by atoms with van der Waals surface area (Å²) in [5, 5.41) is 18.9. The van der Waals surface area contributed by atoms with Gasteiger partial charge in [-0.2, -0.15) is 5.10 Å². The lowest BCUT2D eigenvalue weighted by Crippen LogP contribution is -2.38. The third-order valence-corrected chi connectivity index (χ3v) is 3.52. The van der Waals surface area contributed by atoms with Crippen LogP contribution in [0.5, 0.6) is 0 Å². The molecule has 0 aliphatic rings. The topological polar surface area (TPSA) is 79.2 Å². The molecule has 0 spiro atoms. The number of para-hydroxylation sites is 1. The zero-order valence-electron chi connectivity index (χ0n) is 14.1. The molecule has 1 atom stereocenters. The minimum atomic E-state index is -0.427. The fraction of sp³-hybridized carbons (Fsp3) is 0.412. The van der Waals surface area contributed by atoms with E-state index in [9.17, 15) is 14.3 Å². The molecule has 1 heterocycles. The van der Waals surface area contributed by atoms with Crippen molar-refractivity contribution >= 4 is 11.7 Å². The van der Waals surface area contributed by atoms with Crippen LogP contribution in [0.25, 0.3) is 5.69 Å². The highest BCUT2D eigenvalue weighted by Gasteiger charge is 2.21. The van der Waals surface area contributed by atoms with Gasteiger partial charge < -0.3 is 15.7 Å². The lowest BCUT2D eigenvalue weighted by Gasteiger charge is -2.26. The second-order valence-electron chi connectivity index (χ2n) is 6.65. The molecule has 1 aromatic carbocycles. The Kier molecular flexibility index (Phi) is 5.56. The molecule has 3 N–H and O–H groups in total. The minimum Gasteiger partial charge on any atom is -0.393 e. The number of aromatic nitrogens is 2. The zero-order valence-corrected chi connectivity index (χ0v) is 14.1. The number of anilines is 1. The van der Waals surface area contributed by atoms with Crippen LogP contribution in [-0.4, -0.2) is 33.6 Å². The molecule has 0 fully saturated rings. The maximum absolute atomic E-state index is 13.7. The SMILES string of the molecule is C[C@@H](O)CC(C)(C)CNC(=O)Nc1cnn(-c2ccccc2F)c1. The maximum atomic E-state index is 13.7. The summed E-state index contributed by atoms with van der Waals surface area (Å²) in [6, 6.07) is 5.89. The molecule has 0 radical (unpaired) electrons. The minimum absolute atomic E-state index is 0.219. The first kappa shape index (κ1) is 17.9. The highest BCUT2D eigenvalue weighted by molar-refractivity contribution is 5.88. The van der Waals surface area contributed by atoms with Crippen LogP contribution in [0, 0.1) is 11.2 Å². The van der Waals surface area contributed by atoms with E-state index in [0.29, 0.717) is 24.3 Å². The normalized spacial score (nSPS) is 12.7. The van der Waals surface area contributed by atoms with Crippen LogP contribution < -0.4 is 10.6 Å². The van der Waals surface area contributed by atoms with E-state index in [0.717, 1.165) is 0 Å². The summed E-state index contributed by atoms with van der Waals surface area (Å²) in [5.41, 5.74) is 0.552. The molecule has 0 saturated heterocycles. The van der Waals surface area contributed by atoms with Crippen molar-refractivity contribution in [2.75, 3.05) is 11.9 Å². The van der Waals surface area contributed by atoms with Gasteiger partial charge in [0.1, 0.15) is 11.5 Å². The Hall–Kier alpha value is -2.41. The summed E-state index contributed by atoms with van der Waals surface area (Å²) in [6.45, 7) is 6.08. The lowest BCUT2D eigenvalue weighted by atomic mass is 9.87. The molecular formula is C17H23FN4O2. The number of urea groups is 1. The van der Waals surface area contributed by atoms with Crippen LogP contribution in [-0.2, 0) is 0 Å². The summed E-state index contributed by atoms with van der Waals surface area (Å²) in [6.07, 6.45) is 3.15. The molecule has 24 heavy (non-hydrogen) atoms. The molecule has 0 aliphatic carbocycles. The van der Waals surface area contributed by atoms with Gasteiger partial charge in [-0.3, -0.25) is 0 Å². The summed E-state index contributed by atoms with van der Waals surface area (Å²) in [7, 11) is 0. The average molecular weight is 334 g/mol. The molecule has 0 saturated carbocycles. The fourth-order valence-electron chi connectivity index (χ4n) is 2.52. The van der Waals surface area contributed by atoms with E-state index in [-0.39, 0.29) is 11.4 Å². The number of carbonyl (C=O) groups excluding carboxylic acids is 1. The molecule has 7 heteroatoms. The number of amides is 2. The Morgan fingerprint density at radius 2 is 2.12 bits per heavy atom. The third kappa shape index (κ3) is 5.06. The first-order valence-corrected chi connectivity index (χ1v) is 7.79. The van der Waals surface area contributed by atoms with Crippen LogP contribution in [0.4, 0.5) is 14.9 Å². The van der Waals surface area contributed by atoms with Gasteiger partial charge in [0, 0.05) is 6.54 Å². The van der Waals surface area contributed by atoms with Gasteiger partial charge in [0.05, 0.1) is 24.2 Å². The number of hydrogen-bond donors (Lipinski definition) is 3. The monoisotopic (exact) mass is 334 g/mol. The summed E-state index contributed by atoms with van der Waals surface area (Å²) in [4.78, 5) is 12.0. The Labute approximate surface area is 140 Å². The van der Waals surface area contributed by atoms with E-state index in [2.05, 4.69) is 15.7 Å². The van der Waals surface area contributed by atoms with Gasteiger partial charge >= 0.3 is 6.03 Å². The first-order valence-electron chi connectivity index (χ1n) is 7.79. The first-order chi connectivity index (χ1) is 11.3. The summed E-state index contributed by atoms with van der Waals surface area (Å²) < 4.78 is 15.1. The van der Waals surface area contributed by atoms with Crippen molar-refractivity contribution in [1.82, 2.24) is 15.1 Å². The molecule has 0 aliphatic heterocycles. The van der Waals surface area contributed by atoms with Gasteiger partial charge in [0.15, 0.2) is 0 Å². The molecule has 0 bridgehead atoms. The number of benzene rings is 1. The van der Waals surface area contributed by atoms with Crippen LogP contribution in [0.3, 0.4) is 0 Å². The van der Waals surface area contributed by atoms with Crippen molar-refractivity contribution in [1.29, 1.82) is 0 Å². The van der Waals surface area contributed by atoms with Gasteiger partial charge in [-0.25, -0.2) is 13.9 Å². The van der Waals surface area contributed by atoms with E-state index < -0.39 is 11.9 Å². The molecule has 1 aromatic heterocycles. The molecule has 2 rings (SSSR count). The Balaban J connectivity index is 1.93. The van der Waals surface area contributed by atoms with Crippen molar-refractivity contribution in [3.63, 3.8) is 0 Å². The van der Waals surface area contributed by atoms with E-state index in [1.165, 1.54) is 16.9 Å². The third-order valence-electron chi connectivity index (χ3n) is 3.52. The average Bonchev–Trinajstić information content (AvgIpc) is 2.93. The number of hydrogen-bond acceptors (Lipinski definition) is 3. The van der Waals surface area contributed by atoms with Crippen LogP contribution >= 0.6 is 0 Å². The van der Waals surface area contributed by atoms with Gasteiger partial charge in [0.2, 0.25) is 0 Å². The number of nitrogens with one attached hydrogen (secondary N) is 2. The number of rotatable bonds is 6. The standard InChI is InChI=1S/C17H23FN4O2/c1-12(23)8-17(2,3)11-19-16(24)21-13-9-20-22(10-13)15-7-5-4-6-14(15)18/h4-7,9-10,12,23H,8,11H2,1-3H3,(H2,19,21,24)/t12-/m1/s1. The highest BCUT2D eigenvalue weighted by Crippen LogP contribution is 2.21. The second-order valence-corrected chi connectivity index (χ2v) is 6.65. The van der Waals surface area contributed by atoms with Crippen LogP contribution in [0.2, 0.25) is 0 Å². The Bertz CT molecular complexity index is 697. The van der Waals surface area contributed by atoms with E-state index in [4.69, 9.17) is 0 Å². The largest absolute Gasteiger partial charge is 0.393 e. The van der Waals surface area contributed by atoms with Crippen molar-refractivity contribution in [2.24, 2.45) is 5.41 Å². The number of halogens is 1. The molecule has 2 aromatic rings. The second kappa shape index (κ2) is 7.44. The Morgan fingerprint density at radius 3 is 2.79 bits per heavy atom. The predicted octanol–water partition coefficient (Wildman–Crippen LogP) is 2.93. The van der Waals surface area contributed by atoms with Crippen LogP contribution in [0.1, 0.15) is 27.2 Å². The fourth-order valence-corrected chi connectivity index (χ4v) is 2.52. The highest BCUT2D eigenvalue weighted by atomic mass is 19.1. The molecule has 0 unspecified atom stereocenters. The maximum Gasteiger partial charge on any atom is 0.319 e. The molecular weight excluding hydrogens is 311 g/mol. The molecule has 130 valence electrons. The van der Waals surface area contributed by atoms with Gasteiger partial charge in [-0.05, 0) is 30.9 Å². The van der Waals surface area contributed by atoms with Crippen molar-refractivity contribution < 1.29 is 14.3 Å². The summed E-state index contributed by atoms with van der Waals surface area (Å²) in [5.74, 6) is -0.392. The molecule has 2 amide bonds. The van der Waals surface area contributed by atoms with Gasteiger partial charge in [0.25, 0.3) is 0 Å². The number of aliphatic hydroxyl groups excluding tert-OH is 1. The Morgan fingerprint density at radius 1 is 1.42 bits per heavy atom. The van der Waals surface area contributed by atoms with Crippen molar-refractivity contribution in [3.8, 4) is 5.69 Å². The number of carbonyl (C=O) groups is 1. The number of nitrogens with zero attached hydrogens (tertiary/aromatic N) is 2. The van der Waals surface area contributed by atoms with Crippen LogP contribution in [0.15, 0.2) is 36.7 Å². The summed E-state index contributed by atoms with van der Waals surface area (Å²) >= 11 is 0. The lowest BCUT2D eigenvalue weighted by molar-refractivity contribution is 0.129. The van der Waals surface area contributed by atoms with E-state index in [1.807, 2.05) is 13.8 Å². The van der Waals surface area contributed by atoms with E-state index in [1.54, 1.807) is 31.3 Å². The van der Waals surface area contributed by atoms with Gasteiger partial charge in [-0.15, -0.1) is 0 Å². The molecule has 6 nitrogen and oxygen atoms in total. The predicted molar refractivity (Wildman–Crippen MR) is 90.6 cm³/mol. The van der Waals surface area contributed by atoms with Gasteiger partial charge in [-0.1, -0.05) is 26.0 Å². The zero-order chi connectivity index (χ0) is 17.7. The van der Waals surface area contributed by atoms with Crippen molar-refractivity contribution in [2.45, 2.75) is 33.3 Å².